The van der Waals surface area contributed by atoms with Crippen molar-refractivity contribution in [1.29, 1.82) is 0 Å². The van der Waals surface area contributed by atoms with E-state index in [2.05, 4.69) is 13.8 Å². The first-order valence-electron chi connectivity index (χ1n) is 4.80. The SMILES string of the molecule is CC(C)[C@@H](O)C(=O)N1CC(C)(C)C1. The van der Waals surface area contributed by atoms with Crippen LogP contribution in [0.3, 0.4) is 0 Å². The molecule has 0 aromatic rings. The summed E-state index contributed by atoms with van der Waals surface area (Å²) in [5.74, 6) is -0.106. The highest BCUT2D eigenvalue weighted by Gasteiger charge is 2.39. The van der Waals surface area contributed by atoms with E-state index in [4.69, 9.17) is 0 Å². The molecule has 3 heteroatoms. The van der Waals surface area contributed by atoms with Crippen LogP contribution in [0.4, 0.5) is 0 Å². The molecule has 1 amide bonds. The molecule has 0 spiro atoms. The fourth-order valence-electron chi connectivity index (χ4n) is 1.62. The minimum atomic E-state index is -0.823. The van der Waals surface area contributed by atoms with Crippen molar-refractivity contribution in [3.05, 3.63) is 0 Å². The van der Waals surface area contributed by atoms with Gasteiger partial charge in [0, 0.05) is 13.1 Å². The lowest BCUT2D eigenvalue weighted by Crippen LogP contribution is -2.58. The van der Waals surface area contributed by atoms with Gasteiger partial charge in [-0.15, -0.1) is 0 Å². The molecule has 1 saturated heterocycles. The van der Waals surface area contributed by atoms with Crippen molar-refractivity contribution in [1.82, 2.24) is 4.90 Å². The number of hydrogen-bond acceptors (Lipinski definition) is 2. The van der Waals surface area contributed by atoms with Gasteiger partial charge < -0.3 is 10.0 Å². The Kier molecular flexibility index (Phi) is 2.66. The highest BCUT2D eigenvalue weighted by atomic mass is 16.3. The van der Waals surface area contributed by atoms with Crippen LogP contribution in [-0.4, -0.2) is 35.1 Å². The second-order valence-corrected chi connectivity index (χ2v) is 5.05. The van der Waals surface area contributed by atoms with Crippen LogP contribution in [0.25, 0.3) is 0 Å². The maximum atomic E-state index is 11.5. The summed E-state index contributed by atoms with van der Waals surface area (Å²) in [7, 11) is 0. The number of carbonyl (C=O) groups excluding carboxylic acids is 1. The second-order valence-electron chi connectivity index (χ2n) is 5.05. The highest BCUT2D eigenvalue weighted by Crippen LogP contribution is 2.29. The molecular weight excluding hydrogens is 166 g/mol. The van der Waals surface area contributed by atoms with Crippen LogP contribution in [0.15, 0.2) is 0 Å². The Balaban J connectivity index is 2.43. The molecule has 1 atom stereocenters. The van der Waals surface area contributed by atoms with E-state index >= 15 is 0 Å². The summed E-state index contributed by atoms with van der Waals surface area (Å²) in [6.07, 6.45) is -0.823. The van der Waals surface area contributed by atoms with Crippen molar-refractivity contribution in [3.63, 3.8) is 0 Å². The zero-order valence-electron chi connectivity index (χ0n) is 8.87. The number of aliphatic hydroxyl groups is 1. The lowest BCUT2D eigenvalue weighted by molar-refractivity contribution is -0.152. The third-order valence-electron chi connectivity index (χ3n) is 2.43. The van der Waals surface area contributed by atoms with Crippen LogP contribution in [0.5, 0.6) is 0 Å². The molecule has 1 fully saturated rings. The highest BCUT2D eigenvalue weighted by molar-refractivity contribution is 5.81. The Morgan fingerprint density at radius 1 is 1.38 bits per heavy atom. The predicted octanol–water partition coefficient (Wildman–Crippen LogP) is 0.872. The van der Waals surface area contributed by atoms with E-state index in [0.717, 1.165) is 13.1 Å². The van der Waals surface area contributed by atoms with Crippen molar-refractivity contribution in [3.8, 4) is 0 Å². The first-order chi connectivity index (χ1) is 5.83. The molecule has 1 aliphatic heterocycles. The molecule has 76 valence electrons. The van der Waals surface area contributed by atoms with Gasteiger partial charge in [0.2, 0.25) is 0 Å². The van der Waals surface area contributed by atoms with Gasteiger partial charge in [-0.1, -0.05) is 27.7 Å². The van der Waals surface area contributed by atoms with Crippen molar-refractivity contribution < 1.29 is 9.90 Å². The molecule has 1 rings (SSSR count). The molecule has 0 aliphatic carbocycles. The number of aliphatic hydroxyl groups excluding tert-OH is 1. The third-order valence-corrected chi connectivity index (χ3v) is 2.43. The zero-order valence-corrected chi connectivity index (χ0v) is 8.87. The number of rotatable bonds is 2. The zero-order chi connectivity index (χ0) is 10.2. The van der Waals surface area contributed by atoms with E-state index < -0.39 is 6.10 Å². The summed E-state index contributed by atoms with van der Waals surface area (Å²) in [6, 6.07) is 0. The van der Waals surface area contributed by atoms with Crippen LogP contribution >= 0.6 is 0 Å². The first kappa shape index (κ1) is 10.5. The standard InChI is InChI=1S/C10H19NO2/c1-7(2)8(12)9(13)11-5-10(3,4)6-11/h7-8,12H,5-6H2,1-4H3/t8-/m1/s1. The monoisotopic (exact) mass is 185 g/mol. The first-order valence-corrected chi connectivity index (χ1v) is 4.80. The van der Waals surface area contributed by atoms with Crippen molar-refractivity contribution in [2.24, 2.45) is 11.3 Å². The van der Waals surface area contributed by atoms with E-state index in [1.807, 2.05) is 13.8 Å². The molecule has 0 unspecified atom stereocenters. The van der Waals surface area contributed by atoms with E-state index in [9.17, 15) is 9.90 Å². The maximum Gasteiger partial charge on any atom is 0.251 e. The summed E-state index contributed by atoms with van der Waals surface area (Å²) in [5, 5.41) is 9.51. The Morgan fingerprint density at radius 2 is 1.85 bits per heavy atom. The van der Waals surface area contributed by atoms with Gasteiger partial charge in [0.25, 0.3) is 5.91 Å². The second kappa shape index (κ2) is 3.29. The molecule has 0 bridgehead atoms. The average Bonchev–Trinajstić information content (AvgIpc) is 1.97. The lowest BCUT2D eigenvalue weighted by atomic mass is 9.83. The number of hydrogen-bond donors (Lipinski definition) is 1. The van der Waals surface area contributed by atoms with Crippen LogP contribution in [0, 0.1) is 11.3 Å². The van der Waals surface area contributed by atoms with Crippen molar-refractivity contribution >= 4 is 5.91 Å². The third kappa shape index (κ3) is 2.21. The molecule has 0 aromatic carbocycles. The van der Waals surface area contributed by atoms with Gasteiger partial charge in [0.05, 0.1) is 0 Å². The van der Waals surface area contributed by atoms with Gasteiger partial charge >= 0.3 is 0 Å². The van der Waals surface area contributed by atoms with Crippen LogP contribution in [0.1, 0.15) is 27.7 Å². The van der Waals surface area contributed by atoms with Gasteiger partial charge in [-0.25, -0.2) is 0 Å². The van der Waals surface area contributed by atoms with Crippen molar-refractivity contribution in [2.75, 3.05) is 13.1 Å². The Labute approximate surface area is 79.7 Å². The topological polar surface area (TPSA) is 40.5 Å². The molecule has 0 radical (unpaired) electrons. The molecule has 13 heavy (non-hydrogen) atoms. The lowest BCUT2D eigenvalue weighted by Gasteiger charge is -2.46. The van der Waals surface area contributed by atoms with Crippen LogP contribution in [-0.2, 0) is 4.79 Å². The fraction of sp³-hybridized carbons (Fsp3) is 0.900. The molecule has 1 aliphatic rings. The fourth-order valence-corrected chi connectivity index (χ4v) is 1.62. The number of likely N-dealkylation sites (tertiary alicyclic amines) is 1. The van der Waals surface area contributed by atoms with Gasteiger partial charge in [0.1, 0.15) is 6.10 Å². The van der Waals surface area contributed by atoms with Crippen LogP contribution in [0.2, 0.25) is 0 Å². The Morgan fingerprint density at radius 3 is 2.15 bits per heavy atom. The summed E-state index contributed by atoms with van der Waals surface area (Å²) >= 11 is 0. The summed E-state index contributed by atoms with van der Waals surface area (Å²) < 4.78 is 0. The van der Waals surface area contributed by atoms with Gasteiger partial charge in [-0.3, -0.25) is 4.79 Å². The van der Waals surface area contributed by atoms with Crippen LogP contribution < -0.4 is 0 Å². The molecule has 3 nitrogen and oxygen atoms in total. The summed E-state index contributed by atoms with van der Waals surface area (Å²) in [5.41, 5.74) is 0.242. The molecule has 0 aromatic heterocycles. The minimum absolute atomic E-state index is 0.0104. The van der Waals surface area contributed by atoms with E-state index in [1.54, 1.807) is 4.90 Å². The molecular formula is C10H19NO2. The Hall–Kier alpha value is -0.570. The predicted molar refractivity (Wildman–Crippen MR) is 51.2 cm³/mol. The maximum absolute atomic E-state index is 11.5. The summed E-state index contributed by atoms with van der Waals surface area (Å²) in [6.45, 7) is 9.50. The van der Waals surface area contributed by atoms with E-state index in [-0.39, 0.29) is 17.2 Å². The average molecular weight is 185 g/mol. The quantitative estimate of drug-likeness (QED) is 0.693. The normalized spacial score (nSPS) is 22.8. The molecule has 1 N–H and O–H groups in total. The summed E-state index contributed by atoms with van der Waals surface area (Å²) in [4.78, 5) is 13.3. The largest absolute Gasteiger partial charge is 0.383 e. The number of carbonyl (C=O) groups is 1. The van der Waals surface area contributed by atoms with Gasteiger partial charge in [-0.2, -0.15) is 0 Å². The minimum Gasteiger partial charge on any atom is -0.383 e. The molecule has 0 saturated carbocycles. The van der Waals surface area contributed by atoms with Gasteiger partial charge in [0.15, 0.2) is 0 Å². The Bertz CT molecular complexity index is 203. The molecule has 1 heterocycles. The number of amides is 1. The van der Waals surface area contributed by atoms with Crippen molar-refractivity contribution in [2.45, 2.75) is 33.8 Å². The smallest absolute Gasteiger partial charge is 0.251 e. The van der Waals surface area contributed by atoms with E-state index in [0.29, 0.717) is 0 Å². The van der Waals surface area contributed by atoms with Gasteiger partial charge in [-0.05, 0) is 11.3 Å². The van der Waals surface area contributed by atoms with E-state index in [1.165, 1.54) is 0 Å². The number of nitrogens with zero attached hydrogens (tertiary/aromatic N) is 1.